The lowest BCUT2D eigenvalue weighted by Crippen LogP contribution is -2.10. The predicted octanol–water partition coefficient (Wildman–Crippen LogP) is 3.53. The first-order valence-corrected chi connectivity index (χ1v) is 5.88. The summed E-state index contributed by atoms with van der Waals surface area (Å²) in [4.78, 5) is 3.75. The summed E-state index contributed by atoms with van der Waals surface area (Å²) in [5, 5.41) is 0. The van der Waals surface area contributed by atoms with E-state index in [1.165, 1.54) is 0 Å². The highest BCUT2D eigenvalue weighted by atomic mass is 32.1. The Morgan fingerprint density at radius 2 is 1.85 bits per heavy atom. The van der Waals surface area contributed by atoms with Crippen LogP contribution in [0.1, 0.15) is 11.1 Å². The maximum Gasteiger partial charge on any atom is 0.417 e. The number of rotatable bonds is 3. The van der Waals surface area contributed by atoms with Crippen LogP contribution in [0.4, 0.5) is 13.2 Å². The van der Waals surface area contributed by atoms with Crippen LogP contribution in [0.3, 0.4) is 0 Å². The van der Waals surface area contributed by atoms with Crippen LogP contribution >= 0.6 is 12.2 Å². The molecule has 0 atom stereocenters. The molecule has 0 radical (unpaired) electrons. The zero-order chi connectivity index (χ0) is 14.8. The fourth-order valence-corrected chi connectivity index (χ4v) is 1.65. The first-order chi connectivity index (χ1) is 9.38. The highest BCUT2D eigenvalue weighted by Gasteiger charge is 2.30. The molecule has 0 aliphatic heterocycles. The molecule has 0 saturated carbocycles. The van der Waals surface area contributed by atoms with Crippen molar-refractivity contribution in [2.75, 3.05) is 0 Å². The van der Waals surface area contributed by atoms with Gasteiger partial charge in [0.15, 0.2) is 0 Å². The molecule has 1 aromatic heterocycles. The SMILES string of the molecule is NC(=S)c1ccccc1Oc1ccc(C(F)(F)F)cn1. The van der Waals surface area contributed by atoms with E-state index in [1.807, 2.05) is 0 Å². The Kier molecular flexibility index (Phi) is 3.89. The molecular formula is C13H9F3N2OS. The van der Waals surface area contributed by atoms with Crippen molar-refractivity contribution in [1.29, 1.82) is 0 Å². The fraction of sp³-hybridized carbons (Fsp3) is 0.0769. The van der Waals surface area contributed by atoms with Crippen molar-refractivity contribution in [1.82, 2.24) is 4.98 Å². The van der Waals surface area contributed by atoms with E-state index in [1.54, 1.807) is 24.3 Å². The molecule has 7 heteroatoms. The second-order valence-corrected chi connectivity index (χ2v) is 4.29. The van der Waals surface area contributed by atoms with Gasteiger partial charge in [-0.05, 0) is 18.2 Å². The number of nitrogens with two attached hydrogens (primary N) is 1. The van der Waals surface area contributed by atoms with Crippen LogP contribution in [-0.4, -0.2) is 9.97 Å². The van der Waals surface area contributed by atoms with Gasteiger partial charge in [-0.15, -0.1) is 0 Å². The minimum atomic E-state index is -4.43. The summed E-state index contributed by atoms with van der Waals surface area (Å²) in [6.45, 7) is 0. The molecule has 20 heavy (non-hydrogen) atoms. The standard InChI is InChI=1S/C13H9F3N2OS/c14-13(15,16)8-5-6-11(18-7-8)19-10-4-2-1-3-9(10)12(17)20/h1-7H,(H2,17,20). The molecule has 0 bridgehead atoms. The molecule has 104 valence electrons. The van der Waals surface area contributed by atoms with Gasteiger partial charge in [-0.25, -0.2) is 4.98 Å². The average molecular weight is 298 g/mol. The van der Waals surface area contributed by atoms with E-state index in [9.17, 15) is 13.2 Å². The van der Waals surface area contributed by atoms with E-state index in [4.69, 9.17) is 22.7 Å². The van der Waals surface area contributed by atoms with Gasteiger partial charge in [0, 0.05) is 12.3 Å². The van der Waals surface area contributed by atoms with Crippen LogP contribution in [0.2, 0.25) is 0 Å². The number of hydrogen-bond acceptors (Lipinski definition) is 3. The maximum absolute atomic E-state index is 12.4. The van der Waals surface area contributed by atoms with Crippen molar-refractivity contribution < 1.29 is 17.9 Å². The minimum absolute atomic E-state index is 0.0294. The van der Waals surface area contributed by atoms with E-state index in [0.717, 1.165) is 12.1 Å². The second-order valence-electron chi connectivity index (χ2n) is 3.85. The van der Waals surface area contributed by atoms with Gasteiger partial charge in [-0.1, -0.05) is 24.4 Å². The Morgan fingerprint density at radius 3 is 2.40 bits per heavy atom. The lowest BCUT2D eigenvalue weighted by molar-refractivity contribution is -0.137. The lowest BCUT2D eigenvalue weighted by atomic mass is 10.2. The van der Waals surface area contributed by atoms with Crippen LogP contribution in [-0.2, 0) is 6.18 Å². The smallest absolute Gasteiger partial charge is 0.417 e. The molecule has 2 N–H and O–H groups in total. The lowest BCUT2D eigenvalue weighted by Gasteiger charge is -2.10. The number of benzene rings is 1. The third-order valence-corrected chi connectivity index (χ3v) is 2.65. The normalized spacial score (nSPS) is 11.2. The number of hydrogen-bond donors (Lipinski definition) is 1. The van der Waals surface area contributed by atoms with Crippen molar-refractivity contribution >= 4 is 17.2 Å². The van der Waals surface area contributed by atoms with E-state index in [-0.39, 0.29) is 10.9 Å². The van der Waals surface area contributed by atoms with Crippen molar-refractivity contribution in [3.63, 3.8) is 0 Å². The molecule has 0 unspecified atom stereocenters. The number of ether oxygens (including phenoxy) is 1. The van der Waals surface area contributed by atoms with Crippen LogP contribution in [0.25, 0.3) is 0 Å². The van der Waals surface area contributed by atoms with Gasteiger partial charge >= 0.3 is 6.18 Å². The summed E-state index contributed by atoms with van der Waals surface area (Å²) in [5.41, 5.74) is 5.18. The monoisotopic (exact) mass is 298 g/mol. The predicted molar refractivity (Wildman–Crippen MR) is 71.6 cm³/mol. The number of aromatic nitrogens is 1. The molecule has 3 nitrogen and oxygen atoms in total. The molecule has 0 spiro atoms. The molecule has 0 aliphatic rings. The fourth-order valence-electron chi connectivity index (χ4n) is 1.48. The van der Waals surface area contributed by atoms with Crippen LogP contribution in [0.15, 0.2) is 42.6 Å². The van der Waals surface area contributed by atoms with Crippen molar-refractivity contribution in [3.8, 4) is 11.6 Å². The number of thiocarbonyl (C=S) groups is 1. The molecule has 2 aromatic rings. The molecule has 0 saturated heterocycles. The van der Waals surface area contributed by atoms with Gasteiger partial charge in [-0.2, -0.15) is 13.2 Å². The average Bonchev–Trinajstić information content (AvgIpc) is 2.38. The summed E-state index contributed by atoms with van der Waals surface area (Å²) < 4.78 is 42.6. The van der Waals surface area contributed by atoms with E-state index in [2.05, 4.69) is 4.98 Å². The third-order valence-electron chi connectivity index (χ3n) is 2.43. The van der Waals surface area contributed by atoms with Gasteiger partial charge in [0.2, 0.25) is 5.88 Å². The Bertz CT molecular complexity index is 626. The Morgan fingerprint density at radius 1 is 1.15 bits per heavy atom. The van der Waals surface area contributed by atoms with Crippen molar-refractivity contribution in [2.24, 2.45) is 5.73 Å². The zero-order valence-electron chi connectivity index (χ0n) is 10.0. The molecule has 0 aliphatic carbocycles. The summed E-state index contributed by atoms with van der Waals surface area (Å²) in [6, 6.07) is 8.71. The Hall–Kier alpha value is -2.15. The zero-order valence-corrected chi connectivity index (χ0v) is 10.8. The molecule has 0 fully saturated rings. The van der Waals surface area contributed by atoms with Crippen molar-refractivity contribution in [3.05, 3.63) is 53.7 Å². The second kappa shape index (κ2) is 5.46. The van der Waals surface area contributed by atoms with Crippen LogP contribution < -0.4 is 10.5 Å². The van der Waals surface area contributed by atoms with E-state index >= 15 is 0 Å². The van der Waals surface area contributed by atoms with Gasteiger partial charge in [-0.3, -0.25) is 0 Å². The Labute approximate surface area is 118 Å². The molecule has 0 amide bonds. The first kappa shape index (κ1) is 14.3. The summed E-state index contributed by atoms with van der Waals surface area (Å²) in [7, 11) is 0. The number of nitrogens with zero attached hydrogens (tertiary/aromatic N) is 1. The van der Waals surface area contributed by atoms with Crippen molar-refractivity contribution in [2.45, 2.75) is 6.18 Å². The Balaban J connectivity index is 2.25. The van der Waals surface area contributed by atoms with Gasteiger partial charge in [0.25, 0.3) is 0 Å². The topological polar surface area (TPSA) is 48.1 Å². The largest absolute Gasteiger partial charge is 0.438 e. The van der Waals surface area contributed by atoms with Gasteiger partial charge in [0.05, 0.1) is 11.1 Å². The van der Waals surface area contributed by atoms with Crippen LogP contribution in [0, 0.1) is 0 Å². The number of pyridine rings is 1. The molecule has 1 heterocycles. The van der Waals surface area contributed by atoms with E-state index < -0.39 is 11.7 Å². The highest BCUT2D eigenvalue weighted by molar-refractivity contribution is 7.80. The summed E-state index contributed by atoms with van der Waals surface area (Å²) in [5.74, 6) is 0.369. The first-order valence-electron chi connectivity index (χ1n) is 5.48. The number of halogens is 3. The number of alkyl halides is 3. The third kappa shape index (κ3) is 3.24. The number of para-hydroxylation sites is 1. The minimum Gasteiger partial charge on any atom is -0.438 e. The quantitative estimate of drug-likeness (QED) is 0.881. The summed E-state index contributed by atoms with van der Waals surface area (Å²) in [6.07, 6.45) is -3.72. The van der Waals surface area contributed by atoms with Gasteiger partial charge in [0.1, 0.15) is 10.7 Å². The maximum atomic E-state index is 12.4. The van der Waals surface area contributed by atoms with Crippen LogP contribution in [0.5, 0.6) is 11.6 Å². The van der Waals surface area contributed by atoms with E-state index in [0.29, 0.717) is 17.5 Å². The van der Waals surface area contributed by atoms with Gasteiger partial charge < -0.3 is 10.5 Å². The summed E-state index contributed by atoms with van der Waals surface area (Å²) >= 11 is 4.86. The molecule has 2 rings (SSSR count). The molecule has 1 aromatic carbocycles. The molecular weight excluding hydrogens is 289 g/mol. The highest BCUT2D eigenvalue weighted by Crippen LogP contribution is 2.30.